The van der Waals surface area contributed by atoms with E-state index in [-0.39, 0.29) is 11.8 Å². The lowest BCUT2D eigenvalue weighted by molar-refractivity contribution is -0.130. The minimum atomic E-state index is -0.326. The second-order valence-electron chi connectivity index (χ2n) is 5.32. The first-order valence-electron chi connectivity index (χ1n) is 7.36. The number of halogens is 1. The van der Waals surface area contributed by atoms with Crippen LogP contribution in [0.25, 0.3) is 0 Å². The molecule has 1 aromatic heterocycles. The van der Waals surface area contributed by atoms with Crippen molar-refractivity contribution in [3.8, 4) is 0 Å². The Balaban J connectivity index is 1.66. The van der Waals surface area contributed by atoms with E-state index in [1.54, 1.807) is 13.2 Å². The normalized spacial score (nSPS) is 14.5. The summed E-state index contributed by atoms with van der Waals surface area (Å²) in [5.74, 6) is -0.421. The van der Waals surface area contributed by atoms with Gasteiger partial charge in [0.15, 0.2) is 5.13 Å². The van der Waals surface area contributed by atoms with Crippen molar-refractivity contribution in [1.29, 1.82) is 0 Å². The summed E-state index contributed by atoms with van der Waals surface area (Å²) in [4.78, 5) is 28.8. The maximum absolute atomic E-state index is 12.2. The predicted molar refractivity (Wildman–Crippen MR) is 94.4 cm³/mol. The molecule has 0 bridgehead atoms. The quantitative estimate of drug-likeness (QED) is 0.908. The Labute approximate surface area is 148 Å². The predicted octanol–water partition coefficient (Wildman–Crippen LogP) is 2.93. The number of hydrogen-bond acceptors (Lipinski definition) is 5. The molecule has 1 aromatic carbocycles. The molecule has 124 valence electrons. The topological polar surface area (TPSA) is 74.7 Å². The number of nitrogens with zero attached hydrogens (tertiary/aromatic N) is 3. The van der Waals surface area contributed by atoms with Crippen molar-refractivity contribution in [2.24, 2.45) is 5.10 Å². The molecule has 0 aliphatic carbocycles. The standard InChI is InChI=1S/C16H15ClN4O2S/c1-21-14(22)7-6-13(20-21)15(23)19-16-18-9-11(24-16)8-10-4-2-3-5-12(10)17/h2-5,9H,6-8H2,1H3,(H,18,19,23). The van der Waals surface area contributed by atoms with E-state index in [1.165, 1.54) is 16.3 Å². The lowest BCUT2D eigenvalue weighted by Gasteiger charge is -2.18. The lowest BCUT2D eigenvalue weighted by Crippen LogP contribution is -2.34. The monoisotopic (exact) mass is 362 g/mol. The van der Waals surface area contributed by atoms with E-state index < -0.39 is 0 Å². The molecule has 3 rings (SSSR count). The van der Waals surface area contributed by atoms with Crippen LogP contribution < -0.4 is 5.32 Å². The number of carbonyl (C=O) groups is 2. The Bertz CT molecular complexity index is 818. The number of rotatable bonds is 4. The van der Waals surface area contributed by atoms with Crippen LogP contribution in [0, 0.1) is 0 Å². The third kappa shape index (κ3) is 3.80. The fraction of sp³-hybridized carbons (Fsp3) is 0.250. The van der Waals surface area contributed by atoms with Crippen LogP contribution in [0.3, 0.4) is 0 Å². The number of thiazole rings is 1. The highest BCUT2D eigenvalue weighted by atomic mass is 35.5. The molecule has 0 unspecified atom stereocenters. The van der Waals surface area contributed by atoms with Gasteiger partial charge in [0, 0.05) is 42.4 Å². The van der Waals surface area contributed by atoms with Crippen molar-refractivity contribution >= 4 is 45.6 Å². The molecule has 2 amide bonds. The number of nitrogens with one attached hydrogen (secondary N) is 1. The SMILES string of the molecule is CN1N=C(C(=O)Nc2ncc(Cc3ccccc3Cl)s2)CCC1=O. The first-order chi connectivity index (χ1) is 11.5. The molecule has 0 saturated carbocycles. The first-order valence-corrected chi connectivity index (χ1v) is 8.56. The smallest absolute Gasteiger partial charge is 0.273 e. The van der Waals surface area contributed by atoms with E-state index >= 15 is 0 Å². The molecule has 1 aliphatic rings. The van der Waals surface area contributed by atoms with E-state index in [1.807, 2.05) is 24.3 Å². The van der Waals surface area contributed by atoms with Crippen LogP contribution in [0.1, 0.15) is 23.3 Å². The van der Waals surface area contributed by atoms with Crippen LogP contribution in [0.15, 0.2) is 35.6 Å². The molecule has 2 aromatic rings. The van der Waals surface area contributed by atoms with Gasteiger partial charge in [-0.15, -0.1) is 11.3 Å². The van der Waals surface area contributed by atoms with Crippen molar-refractivity contribution in [2.75, 3.05) is 12.4 Å². The molecule has 2 heterocycles. The number of hydrogen-bond donors (Lipinski definition) is 1. The van der Waals surface area contributed by atoms with Crippen LogP contribution in [0.5, 0.6) is 0 Å². The summed E-state index contributed by atoms with van der Waals surface area (Å²) in [5.41, 5.74) is 1.34. The highest BCUT2D eigenvalue weighted by Crippen LogP contribution is 2.24. The van der Waals surface area contributed by atoms with Crippen molar-refractivity contribution in [3.63, 3.8) is 0 Å². The van der Waals surface area contributed by atoms with Crippen molar-refractivity contribution < 1.29 is 9.59 Å². The highest BCUT2D eigenvalue weighted by molar-refractivity contribution is 7.15. The van der Waals surface area contributed by atoms with Gasteiger partial charge < -0.3 is 0 Å². The lowest BCUT2D eigenvalue weighted by atomic mass is 10.1. The summed E-state index contributed by atoms with van der Waals surface area (Å²) in [6.45, 7) is 0. The molecular formula is C16H15ClN4O2S. The zero-order valence-electron chi connectivity index (χ0n) is 13.0. The van der Waals surface area contributed by atoms with Gasteiger partial charge in [0.05, 0.1) is 0 Å². The number of carbonyl (C=O) groups excluding carboxylic acids is 2. The molecule has 0 atom stereocenters. The summed E-state index contributed by atoms with van der Waals surface area (Å²) < 4.78 is 0. The van der Waals surface area contributed by atoms with Gasteiger partial charge in [0.2, 0.25) is 5.91 Å². The minimum absolute atomic E-state index is 0.0946. The van der Waals surface area contributed by atoms with Gasteiger partial charge in [-0.05, 0) is 11.6 Å². The van der Waals surface area contributed by atoms with Gasteiger partial charge in [0.25, 0.3) is 5.91 Å². The fourth-order valence-electron chi connectivity index (χ4n) is 2.28. The highest BCUT2D eigenvalue weighted by Gasteiger charge is 2.22. The second kappa shape index (κ2) is 7.11. The van der Waals surface area contributed by atoms with Crippen molar-refractivity contribution in [3.05, 3.63) is 45.9 Å². The Morgan fingerprint density at radius 1 is 1.38 bits per heavy atom. The maximum atomic E-state index is 12.2. The molecule has 0 spiro atoms. The van der Waals surface area contributed by atoms with E-state index in [4.69, 9.17) is 11.6 Å². The maximum Gasteiger partial charge on any atom is 0.273 e. The van der Waals surface area contributed by atoms with Crippen LogP contribution >= 0.6 is 22.9 Å². The van der Waals surface area contributed by atoms with Crippen LogP contribution in [-0.4, -0.2) is 34.6 Å². The number of amides is 2. The van der Waals surface area contributed by atoms with Crippen molar-refractivity contribution in [2.45, 2.75) is 19.3 Å². The fourth-order valence-corrected chi connectivity index (χ4v) is 3.31. The number of benzene rings is 1. The summed E-state index contributed by atoms with van der Waals surface area (Å²) >= 11 is 7.55. The van der Waals surface area contributed by atoms with E-state index in [2.05, 4.69) is 15.4 Å². The van der Waals surface area contributed by atoms with Crippen molar-refractivity contribution in [1.82, 2.24) is 9.99 Å². The summed E-state index contributed by atoms with van der Waals surface area (Å²) in [6, 6.07) is 7.63. The molecule has 6 nitrogen and oxygen atoms in total. The molecule has 1 aliphatic heterocycles. The average Bonchev–Trinajstić information content (AvgIpc) is 2.99. The van der Waals surface area contributed by atoms with Crippen LogP contribution in [0.2, 0.25) is 5.02 Å². The van der Waals surface area contributed by atoms with Gasteiger partial charge in [-0.2, -0.15) is 5.10 Å². The number of hydrazone groups is 1. The van der Waals surface area contributed by atoms with E-state index in [9.17, 15) is 9.59 Å². The van der Waals surface area contributed by atoms with Crippen LogP contribution in [-0.2, 0) is 16.0 Å². The third-order valence-electron chi connectivity index (χ3n) is 3.57. The average molecular weight is 363 g/mol. The molecule has 0 saturated heterocycles. The Morgan fingerprint density at radius 2 is 2.17 bits per heavy atom. The molecule has 0 fully saturated rings. The molecule has 0 radical (unpaired) electrons. The van der Waals surface area contributed by atoms with Crippen LogP contribution in [0.4, 0.5) is 5.13 Å². The molecule has 24 heavy (non-hydrogen) atoms. The Hall–Kier alpha value is -2.25. The largest absolute Gasteiger partial charge is 0.297 e. The van der Waals surface area contributed by atoms with E-state index in [0.717, 1.165) is 10.4 Å². The summed E-state index contributed by atoms with van der Waals surface area (Å²) in [5, 5.41) is 9.14. The zero-order valence-corrected chi connectivity index (χ0v) is 14.5. The first kappa shape index (κ1) is 16.6. The van der Waals surface area contributed by atoms with Gasteiger partial charge in [0.1, 0.15) is 5.71 Å². The Kier molecular flexibility index (Phi) is 4.92. The summed E-state index contributed by atoms with van der Waals surface area (Å²) in [7, 11) is 1.54. The van der Waals surface area contributed by atoms with Gasteiger partial charge in [-0.3, -0.25) is 14.9 Å². The number of anilines is 1. The molecule has 1 N–H and O–H groups in total. The van der Waals surface area contributed by atoms with Gasteiger partial charge in [-0.1, -0.05) is 29.8 Å². The molecule has 8 heteroatoms. The van der Waals surface area contributed by atoms with Gasteiger partial charge in [-0.25, -0.2) is 9.99 Å². The third-order valence-corrected chi connectivity index (χ3v) is 4.85. The second-order valence-corrected chi connectivity index (χ2v) is 6.84. The van der Waals surface area contributed by atoms with Gasteiger partial charge >= 0.3 is 0 Å². The van der Waals surface area contributed by atoms with E-state index in [0.29, 0.717) is 35.1 Å². The molecular weight excluding hydrogens is 348 g/mol. The summed E-state index contributed by atoms with van der Waals surface area (Å²) in [6.07, 6.45) is 3.01. The number of aromatic nitrogens is 1. The Morgan fingerprint density at radius 3 is 2.92 bits per heavy atom. The zero-order chi connectivity index (χ0) is 17.1. The minimum Gasteiger partial charge on any atom is -0.297 e.